The summed E-state index contributed by atoms with van der Waals surface area (Å²) in [5, 5.41) is 5.53. The highest BCUT2D eigenvalue weighted by molar-refractivity contribution is 5.98. The van der Waals surface area contributed by atoms with Gasteiger partial charge in [0, 0.05) is 43.4 Å². The molecule has 2 aliphatic heterocycles. The van der Waals surface area contributed by atoms with Gasteiger partial charge in [-0.25, -0.2) is 0 Å². The molecule has 1 fully saturated rings. The molecule has 1 N–H and O–H groups in total. The number of nitrogens with one attached hydrogen (secondary N) is 1. The first-order valence-electron chi connectivity index (χ1n) is 12.0. The minimum absolute atomic E-state index is 0.0393. The number of benzene rings is 3. The van der Waals surface area contributed by atoms with Crippen molar-refractivity contribution in [1.29, 1.82) is 0 Å². The summed E-state index contributed by atoms with van der Waals surface area (Å²) in [6.07, 6.45) is 1.03. The van der Waals surface area contributed by atoms with E-state index in [2.05, 4.69) is 29.6 Å². The van der Waals surface area contributed by atoms with Gasteiger partial charge in [-0.3, -0.25) is 9.59 Å². The lowest BCUT2D eigenvalue weighted by molar-refractivity contribution is 0.0595. The molecular formula is C29H27N3O2. The third-order valence-corrected chi connectivity index (χ3v) is 7.21. The fourth-order valence-corrected chi connectivity index (χ4v) is 5.54. The molecule has 0 unspecified atom stereocenters. The van der Waals surface area contributed by atoms with E-state index in [1.165, 1.54) is 0 Å². The third kappa shape index (κ3) is 3.77. The van der Waals surface area contributed by atoms with Gasteiger partial charge in [-0.05, 0) is 52.9 Å². The number of nitrogens with zero attached hydrogens (tertiary/aromatic N) is 2. The Morgan fingerprint density at radius 2 is 1.65 bits per heavy atom. The zero-order valence-electron chi connectivity index (χ0n) is 19.0. The average molecular weight is 450 g/mol. The fraction of sp³-hybridized carbons (Fsp3) is 0.241. The Bertz CT molecular complexity index is 1430. The molecule has 1 aromatic heterocycles. The molecule has 1 saturated heterocycles. The summed E-state index contributed by atoms with van der Waals surface area (Å²) < 4.78 is 1.93. The van der Waals surface area contributed by atoms with Gasteiger partial charge >= 0.3 is 0 Å². The number of aromatic nitrogens is 1. The van der Waals surface area contributed by atoms with Crippen LogP contribution in [0.3, 0.4) is 0 Å². The summed E-state index contributed by atoms with van der Waals surface area (Å²) in [6.45, 7) is 2.62. The maximum Gasteiger partial charge on any atom is 0.274 e. The number of carbonyl (C=O) groups excluding carboxylic acids is 1. The minimum atomic E-state index is 0.0393. The van der Waals surface area contributed by atoms with Crippen molar-refractivity contribution in [3.05, 3.63) is 112 Å². The number of pyridine rings is 1. The lowest BCUT2D eigenvalue weighted by Crippen LogP contribution is -2.49. The van der Waals surface area contributed by atoms with Gasteiger partial charge in [-0.15, -0.1) is 0 Å². The molecular weight excluding hydrogens is 422 g/mol. The summed E-state index contributed by atoms with van der Waals surface area (Å²) in [4.78, 5) is 28.6. The largest absolute Gasteiger partial charge is 0.377 e. The molecule has 5 heteroatoms. The molecule has 2 aliphatic rings. The average Bonchev–Trinajstić information content (AvgIpc) is 2.88. The van der Waals surface area contributed by atoms with Crippen molar-refractivity contribution in [2.24, 2.45) is 5.92 Å². The van der Waals surface area contributed by atoms with E-state index in [9.17, 15) is 9.59 Å². The Labute approximate surface area is 198 Å². The number of carbonyl (C=O) groups is 1. The van der Waals surface area contributed by atoms with Gasteiger partial charge in [-0.1, -0.05) is 60.7 Å². The molecule has 2 bridgehead atoms. The molecule has 0 saturated carbocycles. The van der Waals surface area contributed by atoms with Crippen LogP contribution in [0.15, 0.2) is 89.7 Å². The van der Waals surface area contributed by atoms with Crippen LogP contribution < -0.4 is 10.9 Å². The van der Waals surface area contributed by atoms with Crippen LogP contribution in [0.2, 0.25) is 0 Å². The molecule has 3 aromatic carbocycles. The SMILES string of the molecule is O=C(c1ccc2ccccc2c1)N1C[C@@H]2C[C@H](C1)c1ccc(NCc3ccccc3)c(=O)n1C2. The normalized spacial score (nSPS) is 19.0. The van der Waals surface area contributed by atoms with Crippen LogP contribution in [0.4, 0.5) is 5.69 Å². The quantitative estimate of drug-likeness (QED) is 0.484. The maximum absolute atomic E-state index is 13.4. The monoisotopic (exact) mass is 449 g/mol. The lowest BCUT2D eigenvalue weighted by Gasteiger charge is -2.43. The molecule has 0 radical (unpaired) electrons. The fourth-order valence-electron chi connectivity index (χ4n) is 5.54. The van der Waals surface area contributed by atoms with E-state index in [4.69, 9.17) is 0 Å². The van der Waals surface area contributed by atoms with Crippen LogP contribution in [0, 0.1) is 5.92 Å². The zero-order valence-corrected chi connectivity index (χ0v) is 19.0. The van der Waals surface area contributed by atoms with E-state index in [1.807, 2.05) is 70.1 Å². The Balaban J connectivity index is 1.22. The Hall–Kier alpha value is -3.86. The van der Waals surface area contributed by atoms with Crippen LogP contribution >= 0.6 is 0 Å². The van der Waals surface area contributed by atoms with Crippen LogP contribution in [0.1, 0.15) is 34.0 Å². The number of amides is 1. The number of fused-ring (bicyclic) bond motifs is 5. The second-order valence-corrected chi connectivity index (χ2v) is 9.50. The summed E-state index contributed by atoms with van der Waals surface area (Å²) in [6, 6.07) is 28.1. The predicted octanol–water partition coefficient (Wildman–Crippen LogP) is 4.87. The van der Waals surface area contributed by atoms with Crippen molar-refractivity contribution in [2.75, 3.05) is 18.4 Å². The van der Waals surface area contributed by atoms with Gasteiger partial charge in [0.1, 0.15) is 5.69 Å². The van der Waals surface area contributed by atoms with Gasteiger partial charge in [0.15, 0.2) is 0 Å². The highest BCUT2D eigenvalue weighted by atomic mass is 16.2. The number of hydrogen-bond acceptors (Lipinski definition) is 3. The molecule has 1 amide bonds. The molecule has 6 rings (SSSR count). The number of rotatable bonds is 4. The topological polar surface area (TPSA) is 54.3 Å². The van der Waals surface area contributed by atoms with E-state index in [1.54, 1.807) is 0 Å². The number of hydrogen-bond donors (Lipinski definition) is 1. The zero-order chi connectivity index (χ0) is 23.1. The smallest absolute Gasteiger partial charge is 0.274 e. The minimum Gasteiger partial charge on any atom is -0.377 e. The van der Waals surface area contributed by atoms with Crippen molar-refractivity contribution in [3.8, 4) is 0 Å². The molecule has 2 atom stereocenters. The summed E-state index contributed by atoms with van der Waals surface area (Å²) in [7, 11) is 0. The summed E-state index contributed by atoms with van der Waals surface area (Å²) in [5.41, 5.74) is 3.59. The van der Waals surface area contributed by atoms with Crippen LogP contribution in [-0.4, -0.2) is 28.5 Å². The molecule has 5 nitrogen and oxygen atoms in total. The second-order valence-electron chi connectivity index (χ2n) is 9.50. The Kier molecular flexibility index (Phi) is 5.17. The van der Waals surface area contributed by atoms with E-state index in [0.29, 0.717) is 31.9 Å². The molecule has 3 heterocycles. The van der Waals surface area contributed by atoms with E-state index < -0.39 is 0 Å². The van der Waals surface area contributed by atoms with Crippen molar-refractivity contribution < 1.29 is 4.79 Å². The molecule has 0 spiro atoms. The first-order valence-corrected chi connectivity index (χ1v) is 12.0. The van der Waals surface area contributed by atoms with Gasteiger partial charge in [-0.2, -0.15) is 0 Å². The van der Waals surface area contributed by atoms with Crippen LogP contribution in [0.25, 0.3) is 10.8 Å². The van der Waals surface area contributed by atoms with Crippen molar-refractivity contribution >= 4 is 22.4 Å². The Morgan fingerprint density at radius 3 is 2.50 bits per heavy atom. The number of likely N-dealkylation sites (tertiary alicyclic amines) is 1. The maximum atomic E-state index is 13.4. The standard InChI is InChI=1S/C29H27N3O2/c33-28(24-11-10-22-8-4-5-9-23(22)15-24)31-17-21-14-25(19-31)27-13-12-26(29(34)32(27)18-21)30-16-20-6-2-1-3-7-20/h1-13,15,21,25,30H,14,16-19H2/t21-,25+/m0/s1. The van der Waals surface area contributed by atoms with Crippen molar-refractivity contribution in [2.45, 2.75) is 25.4 Å². The van der Waals surface area contributed by atoms with Gasteiger partial charge in [0.05, 0.1) is 0 Å². The first-order chi connectivity index (χ1) is 16.7. The highest BCUT2D eigenvalue weighted by Gasteiger charge is 2.37. The van der Waals surface area contributed by atoms with E-state index in [0.717, 1.165) is 34.0 Å². The first kappa shape index (κ1) is 20.7. The molecule has 170 valence electrons. The number of piperidine rings is 1. The van der Waals surface area contributed by atoms with Crippen molar-refractivity contribution in [3.63, 3.8) is 0 Å². The summed E-state index contributed by atoms with van der Waals surface area (Å²) in [5.74, 6) is 0.558. The predicted molar refractivity (Wildman–Crippen MR) is 135 cm³/mol. The molecule has 0 aliphatic carbocycles. The van der Waals surface area contributed by atoms with E-state index >= 15 is 0 Å². The molecule has 4 aromatic rings. The van der Waals surface area contributed by atoms with Gasteiger partial charge in [0.25, 0.3) is 11.5 Å². The number of anilines is 1. The Morgan fingerprint density at radius 1 is 0.853 bits per heavy atom. The van der Waals surface area contributed by atoms with E-state index in [-0.39, 0.29) is 23.3 Å². The third-order valence-electron chi connectivity index (χ3n) is 7.21. The van der Waals surface area contributed by atoms with Crippen LogP contribution in [0.5, 0.6) is 0 Å². The second kappa shape index (κ2) is 8.49. The highest BCUT2D eigenvalue weighted by Crippen LogP contribution is 2.36. The van der Waals surface area contributed by atoms with Crippen LogP contribution in [-0.2, 0) is 13.1 Å². The lowest BCUT2D eigenvalue weighted by atomic mass is 9.83. The van der Waals surface area contributed by atoms with Gasteiger partial charge < -0.3 is 14.8 Å². The molecule has 34 heavy (non-hydrogen) atoms. The van der Waals surface area contributed by atoms with Crippen molar-refractivity contribution in [1.82, 2.24) is 9.47 Å². The van der Waals surface area contributed by atoms with Gasteiger partial charge in [0.2, 0.25) is 0 Å². The summed E-state index contributed by atoms with van der Waals surface area (Å²) >= 11 is 0.